The summed E-state index contributed by atoms with van der Waals surface area (Å²) in [6.45, 7) is 4.07. The van der Waals surface area contributed by atoms with Gasteiger partial charge in [0.25, 0.3) is 0 Å². The van der Waals surface area contributed by atoms with Crippen molar-refractivity contribution in [2.24, 2.45) is 0 Å². The van der Waals surface area contributed by atoms with Crippen molar-refractivity contribution in [1.82, 2.24) is 0 Å². The van der Waals surface area contributed by atoms with E-state index in [1.54, 1.807) is 12.1 Å². The summed E-state index contributed by atoms with van der Waals surface area (Å²) < 4.78 is 5.76. The minimum Gasteiger partial charge on any atom is -0.457 e. The Morgan fingerprint density at radius 1 is 0.882 bits per heavy atom. The minimum atomic E-state index is 0.535. The lowest BCUT2D eigenvalue weighted by atomic mass is 10.1. The topological polar surface area (TPSA) is 61.3 Å². The van der Waals surface area contributed by atoms with Crippen molar-refractivity contribution in [2.75, 3.05) is 11.5 Å². The second-order valence-electron chi connectivity index (χ2n) is 4.16. The number of nitrogens with two attached hydrogens (primary N) is 2. The van der Waals surface area contributed by atoms with E-state index >= 15 is 0 Å². The molecule has 0 aromatic heterocycles. The fourth-order valence-corrected chi connectivity index (χ4v) is 1.66. The van der Waals surface area contributed by atoms with Crippen LogP contribution in [-0.2, 0) is 0 Å². The van der Waals surface area contributed by atoms with Gasteiger partial charge in [-0.2, -0.15) is 0 Å². The number of aryl methyl sites for hydroxylation is 2. The van der Waals surface area contributed by atoms with Crippen LogP contribution in [0.4, 0.5) is 11.4 Å². The fraction of sp³-hybridized carbons (Fsp3) is 0.143. The van der Waals surface area contributed by atoms with E-state index in [2.05, 4.69) is 13.0 Å². The third-order valence-corrected chi connectivity index (χ3v) is 2.62. The van der Waals surface area contributed by atoms with E-state index in [9.17, 15) is 0 Å². The highest BCUT2D eigenvalue weighted by Crippen LogP contribution is 2.28. The van der Waals surface area contributed by atoms with Crippen LogP contribution in [0, 0.1) is 13.8 Å². The van der Waals surface area contributed by atoms with E-state index < -0.39 is 0 Å². The molecule has 0 radical (unpaired) electrons. The van der Waals surface area contributed by atoms with E-state index in [1.807, 2.05) is 25.1 Å². The molecular formula is C14H16N2O. The number of hydrogen-bond donors (Lipinski definition) is 2. The summed E-state index contributed by atoms with van der Waals surface area (Å²) in [4.78, 5) is 0. The van der Waals surface area contributed by atoms with Gasteiger partial charge in [0.05, 0.1) is 11.4 Å². The third kappa shape index (κ3) is 2.50. The van der Waals surface area contributed by atoms with Crippen molar-refractivity contribution in [2.45, 2.75) is 13.8 Å². The lowest BCUT2D eigenvalue weighted by Crippen LogP contribution is -1.95. The zero-order valence-electron chi connectivity index (χ0n) is 10.0. The molecule has 0 unspecified atom stereocenters. The Labute approximate surface area is 101 Å². The van der Waals surface area contributed by atoms with Crippen molar-refractivity contribution in [3.05, 3.63) is 47.5 Å². The van der Waals surface area contributed by atoms with Gasteiger partial charge in [-0.1, -0.05) is 17.7 Å². The SMILES string of the molecule is Cc1ccc(Oc2ccc(N)c(N)c2)c(C)c1. The van der Waals surface area contributed by atoms with Crippen LogP contribution in [0.15, 0.2) is 36.4 Å². The highest BCUT2D eigenvalue weighted by atomic mass is 16.5. The van der Waals surface area contributed by atoms with E-state index in [0.29, 0.717) is 17.1 Å². The highest BCUT2D eigenvalue weighted by molar-refractivity contribution is 5.65. The van der Waals surface area contributed by atoms with Gasteiger partial charge < -0.3 is 16.2 Å². The molecule has 17 heavy (non-hydrogen) atoms. The van der Waals surface area contributed by atoms with Gasteiger partial charge in [-0.15, -0.1) is 0 Å². The quantitative estimate of drug-likeness (QED) is 0.775. The van der Waals surface area contributed by atoms with Crippen LogP contribution in [0.2, 0.25) is 0 Å². The van der Waals surface area contributed by atoms with Gasteiger partial charge >= 0.3 is 0 Å². The Morgan fingerprint density at radius 3 is 2.29 bits per heavy atom. The molecular weight excluding hydrogens is 212 g/mol. The molecule has 0 aliphatic heterocycles. The maximum Gasteiger partial charge on any atom is 0.130 e. The molecule has 3 nitrogen and oxygen atoms in total. The molecule has 2 aromatic rings. The van der Waals surface area contributed by atoms with Crippen LogP contribution in [-0.4, -0.2) is 0 Å². The molecule has 2 aromatic carbocycles. The first-order valence-electron chi connectivity index (χ1n) is 5.46. The van der Waals surface area contributed by atoms with Gasteiger partial charge in [-0.05, 0) is 37.6 Å². The van der Waals surface area contributed by atoms with Crippen molar-refractivity contribution in [1.29, 1.82) is 0 Å². The van der Waals surface area contributed by atoms with Crippen LogP contribution in [0.3, 0.4) is 0 Å². The van der Waals surface area contributed by atoms with Crippen LogP contribution in [0.5, 0.6) is 11.5 Å². The first-order chi connectivity index (χ1) is 8.06. The summed E-state index contributed by atoms with van der Waals surface area (Å²) >= 11 is 0. The standard InChI is InChI=1S/C14H16N2O/c1-9-3-6-14(10(2)7-9)17-11-4-5-12(15)13(16)8-11/h3-8H,15-16H2,1-2H3. The average Bonchev–Trinajstić information content (AvgIpc) is 2.27. The summed E-state index contributed by atoms with van der Waals surface area (Å²) in [6.07, 6.45) is 0. The van der Waals surface area contributed by atoms with Gasteiger partial charge in [0.1, 0.15) is 11.5 Å². The van der Waals surface area contributed by atoms with Gasteiger partial charge in [0.15, 0.2) is 0 Å². The first-order valence-corrected chi connectivity index (χ1v) is 5.46. The van der Waals surface area contributed by atoms with Gasteiger partial charge in [-0.3, -0.25) is 0 Å². The number of benzene rings is 2. The zero-order valence-corrected chi connectivity index (χ0v) is 10.0. The number of ether oxygens (including phenoxy) is 1. The van der Waals surface area contributed by atoms with Gasteiger partial charge in [-0.25, -0.2) is 0 Å². The minimum absolute atomic E-state index is 0.535. The van der Waals surface area contributed by atoms with Gasteiger partial charge in [0, 0.05) is 6.07 Å². The molecule has 0 aliphatic rings. The number of anilines is 2. The molecule has 0 saturated carbocycles. The fourth-order valence-electron chi connectivity index (χ4n) is 1.66. The normalized spacial score (nSPS) is 10.2. The predicted octanol–water partition coefficient (Wildman–Crippen LogP) is 3.26. The molecule has 3 heteroatoms. The van der Waals surface area contributed by atoms with E-state index in [-0.39, 0.29) is 0 Å². The van der Waals surface area contributed by atoms with E-state index in [0.717, 1.165) is 11.3 Å². The molecule has 0 bridgehead atoms. The Morgan fingerprint density at radius 2 is 1.65 bits per heavy atom. The molecule has 4 N–H and O–H groups in total. The maximum atomic E-state index is 5.76. The second-order valence-corrected chi connectivity index (χ2v) is 4.16. The van der Waals surface area contributed by atoms with Crippen molar-refractivity contribution >= 4 is 11.4 Å². The molecule has 0 atom stereocenters. The Hall–Kier alpha value is -2.16. The maximum absolute atomic E-state index is 5.76. The molecule has 0 saturated heterocycles. The summed E-state index contributed by atoms with van der Waals surface area (Å²) in [6, 6.07) is 11.3. The number of hydrogen-bond acceptors (Lipinski definition) is 3. The highest BCUT2D eigenvalue weighted by Gasteiger charge is 2.03. The molecule has 0 aliphatic carbocycles. The second kappa shape index (κ2) is 4.37. The first kappa shape index (κ1) is 11.3. The van der Waals surface area contributed by atoms with Crippen LogP contribution in [0.25, 0.3) is 0 Å². The Kier molecular flexibility index (Phi) is 2.91. The average molecular weight is 228 g/mol. The lowest BCUT2D eigenvalue weighted by molar-refractivity contribution is 0.479. The molecule has 0 spiro atoms. The van der Waals surface area contributed by atoms with Crippen molar-refractivity contribution < 1.29 is 4.74 Å². The lowest BCUT2D eigenvalue weighted by Gasteiger charge is -2.10. The summed E-state index contributed by atoms with van der Waals surface area (Å²) in [5.41, 5.74) is 14.8. The van der Waals surface area contributed by atoms with E-state index in [1.165, 1.54) is 5.56 Å². The number of rotatable bonds is 2. The van der Waals surface area contributed by atoms with E-state index in [4.69, 9.17) is 16.2 Å². The van der Waals surface area contributed by atoms with Gasteiger partial charge in [0.2, 0.25) is 0 Å². The number of nitrogen functional groups attached to an aromatic ring is 2. The Bertz CT molecular complexity index is 550. The van der Waals surface area contributed by atoms with Crippen molar-refractivity contribution in [3.8, 4) is 11.5 Å². The molecule has 0 heterocycles. The molecule has 0 fully saturated rings. The Balaban J connectivity index is 2.28. The largest absolute Gasteiger partial charge is 0.457 e. The summed E-state index contributed by atoms with van der Waals surface area (Å²) in [7, 11) is 0. The predicted molar refractivity (Wildman–Crippen MR) is 71.3 cm³/mol. The molecule has 88 valence electrons. The van der Waals surface area contributed by atoms with Crippen LogP contribution < -0.4 is 16.2 Å². The van der Waals surface area contributed by atoms with Crippen LogP contribution in [0.1, 0.15) is 11.1 Å². The van der Waals surface area contributed by atoms with Crippen molar-refractivity contribution in [3.63, 3.8) is 0 Å². The van der Waals surface area contributed by atoms with Crippen LogP contribution >= 0.6 is 0 Å². The smallest absolute Gasteiger partial charge is 0.130 e. The zero-order chi connectivity index (χ0) is 12.4. The monoisotopic (exact) mass is 228 g/mol. The molecule has 0 amide bonds. The third-order valence-electron chi connectivity index (χ3n) is 2.62. The summed E-state index contributed by atoms with van der Waals surface area (Å²) in [5, 5.41) is 0. The molecule has 2 rings (SSSR count). The summed E-state index contributed by atoms with van der Waals surface area (Å²) in [5.74, 6) is 1.53.